The fourth-order valence-electron chi connectivity index (χ4n) is 2.59. The van der Waals surface area contributed by atoms with E-state index in [0.29, 0.717) is 0 Å². The summed E-state index contributed by atoms with van der Waals surface area (Å²) in [7, 11) is 0. The maximum Gasteiger partial charge on any atom is 0.0971 e. The van der Waals surface area contributed by atoms with Gasteiger partial charge in [0.1, 0.15) is 0 Å². The minimum atomic E-state index is 0.796. The molecule has 1 aromatic rings. The van der Waals surface area contributed by atoms with E-state index in [4.69, 9.17) is 9.98 Å². The first-order chi connectivity index (χ1) is 10.7. The zero-order chi connectivity index (χ0) is 15.7. The van der Waals surface area contributed by atoms with Gasteiger partial charge in [0.05, 0.1) is 22.1 Å². The number of allylic oxidation sites excluding steroid dienone is 2. The Hall–Kier alpha value is -0.300. The summed E-state index contributed by atoms with van der Waals surface area (Å²) in [6.45, 7) is 0. The Morgan fingerprint density at radius 3 is 1.41 bits per heavy atom. The average molecular weight is 550 g/mol. The highest BCUT2D eigenvalue weighted by molar-refractivity contribution is 9.11. The van der Waals surface area contributed by atoms with Gasteiger partial charge in [-0.25, -0.2) is 9.98 Å². The first kappa shape index (κ1) is 16.6. The highest BCUT2D eigenvalue weighted by atomic mass is 79.9. The lowest BCUT2D eigenvalue weighted by Crippen LogP contribution is -2.35. The van der Waals surface area contributed by atoms with Crippen LogP contribution in [0.3, 0.4) is 0 Å². The van der Waals surface area contributed by atoms with Crippen molar-refractivity contribution in [2.75, 3.05) is 0 Å². The van der Waals surface area contributed by atoms with Gasteiger partial charge < -0.3 is 0 Å². The van der Waals surface area contributed by atoms with Crippen molar-refractivity contribution in [2.45, 2.75) is 12.8 Å². The van der Waals surface area contributed by atoms with Crippen molar-refractivity contribution in [3.05, 3.63) is 65.3 Å². The summed E-state index contributed by atoms with van der Waals surface area (Å²) in [5, 5.41) is 1.86. The van der Waals surface area contributed by atoms with Gasteiger partial charge in [-0.05, 0) is 21.1 Å². The maximum absolute atomic E-state index is 4.79. The van der Waals surface area contributed by atoms with Crippen molar-refractivity contribution in [3.8, 4) is 0 Å². The minimum absolute atomic E-state index is 0.796. The van der Waals surface area contributed by atoms with Crippen LogP contribution in [0.2, 0.25) is 0 Å². The molecule has 112 valence electrons. The Morgan fingerprint density at radius 2 is 1.09 bits per heavy atom. The number of nitrogens with zero attached hydrogens (tertiary/aromatic N) is 2. The molecule has 3 rings (SSSR count). The first-order valence-electron chi connectivity index (χ1n) is 6.50. The highest BCUT2D eigenvalue weighted by Gasteiger charge is 2.20. The fraction of sp³-hybridized carbons (Fsp3) is 0.125. The Bertz CT molecular complexity index is 803. The van der Waals surface area contributed by atoms with E-state index in [2.05, 4.69) is 75.9 Å². The SMILES string of the molecule is BrC=C1CC(=CBr)c2ccc3c(c2=N1)=NC(=CBr)CC3=CBr. The minimum Gasteiger partial charge on any atom is -0.250 e. The molecule has 22 heavy (non-hydrogen) atoms. The van der Waals surface area contributed by atoms with Gasteiger partial charge in [-0.15, -0.1) is 0 Å². The second-order valence-electron chi connectivity index (χ2n) is 4.90. The lowest BCUT2D eigenvalue weighted by molar-refractivity contribution is 1.00. The molecular formula is C16H10Br4N2. The van der Waals surface area contributed by atoms with Crippen LogP contribution in [0.4, 0.5) is 0 Å². The topological polar surface area (TPSA) is 24.7 Å². The summed E-state index contributed by atoms with van der Waals surface area (Å²) < 4.78 is 0. The summed E-state index contributed by atoms with van der Waals surface area (Å²) in [4.78, 5) is 17.3. The van der Waals surface area contributed by atoms with Crippen LogP contribution in [-0.2, 0) is 0 Å². The van der Waals surface area contributed by atoms with Gasteiger partial charge in [0, 0.05) is 33.9 Å². The number of hydrogen-bond acceptors (Lipinski definition) is 2. The molecule has 2 aliphatic rings. The van der Waals surface area contributed by atoms with E-state index in [0.717, 1.165) is 46.1 Å². The third-order valence-electron chi connectivity index (χ3n) is 3.61. The van der Waals surface area contributed by atoms with Crippen molar-refractivity contribution in [3.63, 3.8) is 0 Å². The molecule has 0 aliphatic carbocycles. The van der Waals surface area contributed by atoms with Gasteiger partial charge in [0.2, 0.25) is 0 Å². The van der Waals surface area contributed by atoms with Gasteiger partial charge in [-0.1, -0.05) is 75.9 Å². The van der Waals surface area contributed by atoms with Gasteiger partial charge in [-0.2, -0.15) is 0 Å². The van der Waals surface area contributed by atoms with Crippen LogP contribution in [0.25, 0.3) is 11.1 Å². The Labute approximate surface area is 162 Å². The quantitative estimate of drug-likeness (QED) is 0.398. The standard InChI is InChI=1S/C16H10Br4N2/c17-5-9-3-11(7-19)21-15-13(9)1-2-14-10(6-18)4-12(8-20)22-16(14)15/h1-2,5-8H,3-4H2. The molecule has 0 saturated heterocycles. The van der Waals surface area contributed by atoms with Crippen LogP contribution < -0.4 is 10.7 Å². The van der Waals surface area contributed by atoms with Crippen LogP contribution in [0.1, 0.15) is 24.0 Å². The van der Waals surface area contributed by atoms with Crippen molar-refractivity contribution < 1.29 is 0 Å². The predicted octanol–water partition coefficient (Wildman–Crippen LogP) is 5.68. The molecule has 0 atom stereocenters. The van der Waals surface area contributed by atoms with Crippen LogP contribution in [0.15, 0.2) is 53.5 Å². The summed E-state index contributed by atoms with van der Waals surface area (Å²) in [6, 6.07) is 4.26. The lowest BCUT2D eigenvalue weighted by Gasteiger charge is -2.19. The zero-order valence-electron chi connectivity index (χ0n) is 11.3. The molecule has 2 heterocycles. The molecule has 2 aliphatic heterocycles. The smallest absolute Gasteiger partial charge is 0.0971 e. The third kappa shape index (κ3) is 2.90. The molecule has 1 aromatic carbocycles. The molecule has 0 aromatic heterocycles. The summed E-state index contributed by atoms with van der Waals surface area (Å²) in [5.74, 6) is 0. The third-order valence-corrected chi connectivity index (χ3v) is 5.77. The Kier molecular flexibility index (Phi) is 5.32. The van der Waals surface area contributed by atoms with Crippen molar-refractivity contribution in [1.29, 1.82) is 0 Å². The van der Waals surface area contributed by atoms with E-state index >= 15 is 0 Å². The zero-order valence-corrected chi connectivity index (χ0v) is 17.6. The predicted molar refractivity (Wildman–Crippen MR) is 106 cm³/mol. The van der Waals surface area contributed by atoms with Crippen LogP contribution in [0.5, 0.6) is 0 Å². The average Bonchev–Trinajstić information content (AvgIpc) is 2.59. The van der Waals surface area contributed by atoms with Crippen LogP contribution >= 0.6 is 63.7 Å². The molecule has 0 saturated carbocycles. The molecule has 0 amide bonds. The maximum atomic E-state index is 4.79. The molecule has 0 spiro atoms. The fourth-order valence-corrected chi connectivity index (χ4v) is 3.94. The van der Waals surface area contributed by atoms with Crippen molar-refractivity contribution in [1.82, 2.24) is 0 Å². The van der Waals surface area contributed by atoms with Gasteiger partial charge in [0.25, 0.3) is 0 Å². The highest BCUT2D eigenvalue weighted by Crippen LogP contribution is 2.30. The number of hydrogen-bond donors (Lipinski definition) is 0. The Balaban J connectivity index is 2.46. The van der Waals surface area contributed by atoms with Crippen LogP contribution in [-0.4, -0.2) is 0 Å². The van der Waals surface area contributed by atoms with E-state index in [9.17, 15) is 0 Å². The van der Waals surface area contributed by atoms with Crippen molar-refractivity contribution >= 4 is 74.9 Å². The second kappa shape index (κ2) is 7.07. The Morgan fingerprint density at radius 1 is 0.682 bits per heavy atom. The summed E-state index contributed by atoms with van der Waals surface area (Å²) in [5.41, 5.74) is 6.63. The molecule has 0 radical (unpaired) electrons. The van der Waals surface area contributed by atoms with Gasteiger partial charge in [0.15, 0.2) is 0 Å². The summed E-state index contributed by atoms with van der Waals surface area (Å²) in [6.07, 6.45) is 1.59. The number of benzene rings is 1. The lowest BCUT2D eigenvalue weighted by atomic mass is 9.93. The molecule has 0 bridgehead atoms. The van der Waals surface area contributed by atoms with E-state index < -0.39 is 0 Å². The number of fused-ring (bicyclic) bond motifs is 3. The largest absolute Gasteiger partial charge is 0.250 e. The number of rotatable bonds is 0. The van der Waals surface area contributed by atoms with E-state index in [-0.39, 0.29) is 0 Å². The monoisotopic (exact) mass is 546 g/mol. The van der Waals surface area contributed by atoms with E-state index in [1.54, 1.807) is 0 Å². The normalized spacial score (nSPS) is 24.2. The molecule has 0 fully saturated rings. The molecular weight excluding hydrogens is 540 g/mol. The molecule has 0 unspecified atom stereocenters. The van der Waals surface area contributed by atoms with Crippen molar-refractivity contribution in [2.24, 2.45) is 9.98 Å². The molecule has 0 N–H and O–H groups in total. The van der Waals surface area contributed by atoms with E-state index in [1.165, 1.54) is 11.1 Å². The van der Waals surface area contributed by atoms with Gasteiger partial charge >= 0.3 is 0 Å². The van der Waals surface area contributed by atoms with Crippen LogP contribution in [0, 0.1) is 0 Å². The second-order valence-corrected chi connectivity index (χ2v) is 6.74. The molecule has 6 heteroatoms. The number of halogens is 4. The van der Waals surface area contributed by atoms with Gasteiger partial charge in [-0.3, -0.25) is 0 Å². The first-order valence-corrected chi connectivity index (χ1v) is 10.2. The van der Waals surface area contributed by atoms with E-state index in [1.807, 2.05) is 19.9 Å². The molecule has 2 nitrogen and oxygen atoms in total. The summed E-state index contributed by atoms with van der Waals surface area (Å²) >= 11 is 13.7.